The van der Waals surface area contributed by atoms with E-state index < -0.39 is 15.9 Å². The molecular formula is C22H23Cl2N7O4S. The van der Waals surface area contributed by atoms with Crippen molar-refractivity contribution in [2.45, 2.75) is 18.0 Å². The van der Waals surface area contributed by atoms with Gasteiger partial charge < -0.3 is 15.1 Å². The first kappa shape index (κ1) is 25.9. The van der Waals surface area contributed by atoms with Gasteiger partial charge in [0.25, 0.3) is 5.91 Å². The van der Waals surface area contributed by atoms with E-state index in [1.807, 2.05) is 12.1 Å². The fraction of sp³-hybridized carbons (Fsp3) is 0.273. The molecule has 0 radical (unpaired) electrons. The number of primary sulfonamides is 1. The molecule has 11 nitrogen and oxygen atoms in total. The highest BCUT2D eigenvalue weighted by molar-refractivity contribution is 7.89. The third-order valence-corrected chi connectivity index (χ3v) is 6.97. The number of hydrogen-bond donors (Lipinski definition) is 2. The van der Waals surface area contributed by atoms with Gasteiger partial charge in [0.2, 0.25) is 15.9 Å². The highest BCUT2D eigenvalue weighted by atomic mass is 35.5. The van der Waals surface area contributed by atoms with Gasteiger partial charge in [0.05, 0.1) is 17.6 Å². The fourth-order valence-electron chi connectivity index (χ4n) is 3.74. The monoisotopic (exact) mass is 551 g/mol. The van der Waals surface area contributed by atoms with Gasteiger partial charge in [-0.1, -0.05) is 28.4 Å². The van der Waals surface area contributed by atoms with Crippen molar-refractivity contribution >= 4 is 50.7 Å². The molecule has 36 heavy (non-hydrogen) atoms. The molecule has 2 heterocycles. The SMILES string of the molecule is NS(=O)(=O)c1ccc(C(=O)NCc2cn(CC(=O)N3CCN(c4cc(Cl)cc(Cl)c4)CC3)nn2)cc1. The van der Waals surface area contributed by atoms with Crippen LogP contribution in [0.15, 0.2) is 53.6 Å². The Morgan fingerprint density at radius 1 is 1.00 bits per heavy atom. The number of rotatable bonds is 7. The van der Waals surface area contributed by atoms with Gasteiger partial charge in [-0.15, -0.1) is 5.10 Å². The van der Waals surface area contributed by atoms with Gasteiger partial charge >= 0.3 is 0 Å². The van der Waals surface area contributed by atoms with Crippen LogP contribution in [0.5, 0.6) is 0 Å². The maximum atomic E-state index is 12.7. The van der Waals surface area contributed by atoms with Crippen molar-refractivity contribution in [2.24, 2.45) is 5.14 Å². The Labute approximate surface area is 217 Å². The van der Waals surface area contributed by atoms with Crippen LogP contribution in [0, 0.1) is 0 Å². The molecule has 1 aromatic heterocycles. The molecule has 1 saturated heterocycles. The van der Waals surface area contributed by atoms with Crippen molar-refractivity contribution in [1.82, 2.24) is 25.2 Å². The minimum atomic E-state index is -3.83. The Morgan fingerprint density at radius 3 is 2.25 bits per heavy atom. The van der Waals surface area contributed by atoms with Crippen LogP contribution in [-0.2, 0) is 27.9 Å². The summed E-state index contributed by atoms with van der Waals surface area (Å²) in [5.74, 6) is -0.505. The topological polar surface area (TPSA) is 144 Å². The van der Waals surface area contributed by atoms with E-state index in [-0.39, 0.29) is 29.5 Å². The minimum absolute atomic E-state index is 0.0268. The molecule has 1 aliphatic heterocycles. The van der Waals surface area contributed by atoms with Gasteiger partial charge in [-0.05, 0) is 42.5 Å². The van der Waals surface area contributed by atoms with E-state index in [4.69, 9.17) is 28.3 Å². The number of anilines is 1. The molecule has 4 rings (SSSR count). The quantitative estimate of drug-likeness (QED) is 0.452. The number of amides is 2. The lowest BCUT2D eigenvalue weighted by atomic mass is 10.2. The predicted molar refractivity (Wildman–Crippen MR) is 134 cm³/mol. The van der Waals surface area contributed by atoms with Crippen LogP contribution < -0.4 is 15.4 Å². The normalized spacial score (nSPS) is 14.1. The van der Waals surface area contributed by atoms with Gasteiger partial charge in [0, 0.05) is 47.5 Å². The highest BCUT2D eigenvalue weighted by Crippen LogP contribution is 2.26. The molecule has 2 amide bonds. The largest absolute Gasteiger partial charge is 0.368 e. The molecule has 190 valence electrons. The smallest absolute Gasteiger partial charge is 0.251 e. The van der Waals surface area contributed by atoms with Gasteiger partial charge in [-0.25, -0.2) is 18.2 Å². The number of carbonyl (C=O) groups is 2. The van der Waals surface area contributed by atoms with Crippen LogP contribution in [0.2, 0.25) is 10.0 Å². The molecule has 1 aliphatic rings. The zero-order chi connectivity index (χ0) is 25.9. The van der Waals surface area contributed by atoms with Crippen molar-refractivity contribution in [1.29, 1.82) is 0 Å². The Bertz CT molecular complexity index is 1350. The van der Waals surface area contributed by atoms with E-state index in [2.05, 4.69) is 20.5 Å². The van der Waals surface area contributed by atoms with Crippen LogP contribution >= 0.6 is 23.2 Å². The first-order valence-corrected chi connectivity index (χ1v) is 13.2. The summed E-state index contributed by atoms with van der Waals surface area (Å²) < 4.78 is 24.1. The second kappa shape index (κ2) is 10.8. The molecule has 3 N–H and O–H groups in total. The number of piperazine rings is 1. The predicted octanol–water partition coefficient (Wildman–Crippen LogP) is 1.51. The first-order valence-electron chi connectivity index (χ1n) is 10.9. The Hall–Kier alpha value is -3.19. The number of sulfonamides is 1. The number of nitrogens with zero attached hydrogens (tertiary/aromatic N) is 5. The van der Waals surface area contributed by atoms with Crippen LogP contribution in [0.1, 0.15) is 16.1 Å². The molecule has 0 unspecified atom stereocenters. The number of hydrogen-bond acceptors (Lipinski definition) is 7. The second-order valence-corrected chi connectivity index (χ2v) is 10.6. The van der Waals surface area contributed by atoms with E-state index in [1.54, 1.807) is 17.2 Å². The Morgan fingerprint density at radius 2 is 1.64 bits per heavy atom. The molecular weight excluding hydrogens is 529 g/mol. The minimum Gasteiger partial charge on any atom is -0.368 e. The average Bonchev–Trinajstić information content (AvgIpc) is 3.28. The maximum Gasteiger partial charge on any atom is 0.251 e. The van der Waals surface area contributed by atoms with Gasteiger partial charge in [0.15, 0.2) is 0 Å². The second-order valence-electron chi connectivity index (χ2n) is 8.16. The summed E-state index contributed by atoms with van der Waals surface area (Å²) in [6, 6.07) is 10.6. The maximum absolute atomic E-state index is 12.7. The van der Waals surface area contributed by atoms with Crippen molar-refractivity contribution in [3.05, 3.63) is 70.0 Å². The first-order chi connectivity index (χ1) is 17.1. The summed E-state index contributed by atoms with van der Waals surface area (Å²) in [6.07, 6.45) is 1.59. The van der Waals surface area contributed by atoms with Crippen molar-refractivity contribution in [3.8, 4) is 0 Å². The summed E-state index contributed by atoms with van der Waals surface area (Å²) in [5.41, 5.74) is 1.66. The number of nitrogens with one attached hydrogen (secondary N) is 1. The third-order valence-electron chi connectivity index (χ3n) is 5.60. The van der Waals surface area contributed by atoms with E-state index in [0.717, 1.165) is 5.69 Å². The Kier molecular flexibility index (Phi) is 7.79. The molecule has 0 bridgehead atoms. The summed E-state index contributed by atoms with van der Waals surface area (Å²) in [6.45, 7) is 2.50. The van der Waals surface area contributed by atoms with E-state index in [9.17, 15) is 18.0 Å². The van der Waals surface area contributed by atoms with Crippen molar-refractivity contribution < 1.29 is 18.0 Å². The van der Waals surface area contributed by atoms with Gasteiger partial charge in [-0.2, -0.15) is 0 Å². The summed E-state index contributed by atoms with van der Waals surface area (Å²) in [4.78, 5) is 28.8. The molecule has 2 aromatic carbocycles. The van der Waals surface area contributed by atoms with E-state index in [0.29, 0.717) is 41.9 Å². The molecule has 0 atom stereocenters. The number of halogens is 2. The van der Waals surface area contributed by atoms with Crippen LogP contribution in [0.3, 0.4) is 0 Å². The number of nitrogens with two attached hydrogens (primary N) is 1. The number of benzene rings is 2. The fourth-order valence-corrected chi connectivity index (χ4v) is 4.77. The molecule has 0 aliphatic carbocycles. The molecule has 0 spiro atoms. The third kappa shape index (κ3) is 6.52. The lowest BCUT2D eigenvalue weighted by Gasteiger charge is -2.36. The summed E-state index contributed by atoms with van der Waals surface area (Å²) >= 11 is 12.2. The summed E-state index contributed by atoms with van der Waals surface area (Å²) in [7, 11) is -3.83. The van der Waals surface area contributed by atoms with E-state index >= 15 is 0 Å². The van der Waals surface area contributed by atoms with Gasteiger partial charge in [0.1, 0.15) is 12.2 Å². The molecule has 1 fully saturated rings. The Balaban J connectivity index is 1.26. The molecule has 3 aromatic rings. The highest BCUT2D eigenvalue weighted by Gasteiger charge is 2.22. The lowest BCUT2D eigenvalue weighted by molar-refractivity contribution is -0.132. The van der Waals surface area contributed by atoms with Gasteiger partial charge in [-0.3, -0.25) is 9.59 Å². The van der Waals surface area contributed by atoms with Crippen molar-refractivity contribution in [3.63, 3.8) is 0 Å². The zero-order valence-electron chi connectivity index (χ0n) is 19.0. The van der Waals surface area contributed by atoms with Crippen molar-refractivity contribution in [2.75, 3.05) is 31.1 Å². The molecule has 14 heteroatoms. The average molecular weight is 552 g/mol. The zero-order valence-corrected chi connectivity index (χ0v) is 21.3. The number of carbonyl (C=O) groups excluding carboxylic acids is 2. The lowest BCUT2D eigenvalue weighted by Crippen LogP contribution is -2.49. The summed E-state index contributed by atoms with van der Waals surface area (Å²) in [5, 5.41) is 16.8. The number of aromatic nitrogens is 3. The van der Waals surface area contributed by atoms with Crippen LogP contribution in [0.25, 0.3) is 0 Å². The van der Waals surface area contributed by atoms with E-state index in [1.165, 1.54) is 28.9 Å². The molecule has 0 saturated carbocycles. The standard InChI is InChI=1S/C22H23Cl2N7O4S/c23-16-9-17(24)11-19(10-16)29-5-7-30(8-6-29)21(32)14-31-13-18(27-28-31)12-26-22(33)15-1-3-20(4-2-15)36(25,34)35/h1-4,9-11,13H,5-8,12,14H2,(H,26,33)(H2,25,34,35). The van der Waals surface area contributed by atoms with Crippen LogP contribution in [-0.4, -0.2) is 66.3 Å². The van der Waals surface area contributed by atoms with Crippen LogP contribution in [0.4, 0.5) is 5.69 Å².